The van der Waals surface area contributed by atoms with E-state index in [-0.39, 0.29) is 12.3 Å². The predicted molar refractivity (Wildman–Crippen MR) is 92.9 cm³/mol. The minimum Gasteiger partial charge on any atom is -0.457 e. The second-order valence-electron chi connectivity index (χ2n) is 4.86. The number of para-hydroxylation sites is 1. The summed E-state index contributed by atoms with van der Waals surface area (Å²) in [6, 6.07) is 18.9. The Morgan fingerprint density at radius 2 is 1.83 bits per heavy atom. The van der Waals surface area contributed by atoms with Crippen molar-refractivity contribution in [2.75, 3.05) is 5.32 Å². The minimum atomic E-state index is -0.356. The number of nitriles is 1. The van der Waals surface area contributed by atoms with Crippen LogP contribution in [0.1, 0.15) is 6.42 Å². The van der Waals surface area contributed by atoms with Crippen molar-refractivity contribution < 1.29 is 9.53 Å². The molecule has 0 bridgehead atoms. The summed E-state index contributed by atoms with van der Waals surface area (Å²) in [6.07, 6.45) is -0.180. The maximum Gasteiger partial charge on any atom is 0.240 e. The van der Waals surface area contributed by atoms with Crippen LogP contribution in [0.4, 0.5) is 5.13 Å². The molecule has 0 unspecified atom stereocenters. The van der Waals surface area contributed by atoms with Gasteiger partial charge in [-0.1, -0.05) is 18.2 Å². The number of aromatic nitrogens is 1. The van der Waals surface area contributed by atoms with Gasteiger partial charge in [-0.3, -0.25) is 4.79 Å². The first-order valence-electron chi connectivity index (χ1n) is 7.20. The van der Waals surface area contributed by atoms with E-state index in [0.717, 1.165) is 22.8 Å². The number of carbonyl (C=O) groups excluding carboxylic acids is 1. The molecule has 0 saturated heterocycles. The van der Waals surface area contributed by atoms with Crippen LogP contribution in [0, 0.1) is 11.3 Å². The summed E-state index contributed by atoms with van der Waals surface area (Å²) < 4.78 is 5.75. The highest BCUT2D eigenvalue weighted by atomic mass is 32.1. The Kier molecular flexibility index (Phi) is 4.84. The van der Waals surface area contributed by atoms with Crippen molar-refractivity contribution in [3.8, 4) is 28.8 Å². The number of hydrogen-bond acceptors (Lipinski definition) is 5. The van der Waals surface area contributed by atoms with Gasteiger partial charge in [0, 0.05) is 10.9 Å². The van der Waals surface area contributed by atoms with Gasteiger partial charge in [0.05, 0.1) is 11.8 Å². The fourth-order valence-electron chi connectivity index (χ4n) is 2.02. The number of rotatable bonds is 5. The van der Waals surface area contributed by atoms with Crippen molar-refractivity contribution in [3.05, 3.63) is 60.0 Å². The monoisotopic (exact) mass is 335 g/mol. The van der Waals surface area contributed by atoms with Crippen molar-refractivity contribution >= 4 is 22.4 Å². The van der Waals surface area contributed by atoms with Crippen LogP contribution in [0.5, 0.6) is 11.5 Å². The molecule has 0 fully saturated rings. The fourth-order valence-corrected chi connectivity index (χ4v) is 2.75. The van der Waals surface area contributed by atoms with Crippen molar-refractivity contribution in [2.24, 2.45) is 0 Å². The predicted octanol–water partition coefficient (Wildman–Crippen LogP) is 4.45. The molecule has 1 aromatic heterocycles. The highest BCUT2D eigenvalue weighted by Gasteiger charge is 2.08. The van der Waals surface area contributed by atoms with E-state index in [1.54, 1.807) is 6.07 Å². The van der Waals surface area contributed by atoms with Gasteiger partial charge >= 0.3 is 0 Å². The van der Waals surface area contributed by atoms with Crippen LogP contribution in [0.15, 0.2) is 60.0 Å². The molecule has 5 nitrogen and oxygen atoms in total. The van der Waals surface area contributed by atoms with Gasteiger partial charge in [0.15, 0.2) is 5.13 Å². The van der Waals surface area contributed by atoms with Crippen LogP contribution >= 0.6 is 11.3 Å². The average molecular weight is 335 g/mol. The molecule has 1 N–H and O–H groups in total. The first kappa shape index (κ1) is 15.7. The van der Waals surface area contributed by atoms with Crippen LogP contribution in [-0.2, 0) is 4.79 Å². The maximum absolute atomic E-state index is 11.4. The Morgan fingerprint density at radius 3 is 2.54 bits per heavy atom. The van der Waals surface area contributed by atoms with E-state index in [4.69, 9.17) is 10.00 Å². The van der Waals surface area contributed by atoms with Crippen LogP contribution in [0.3, 0.4) is 0 Å². The summed E-state index contributed by atoms with van der Waals surface area (Å²) >= 11 is 1.32. The van der Waals surface area contributed by atoms with E-state index >= 15 is 0 Å². The summed E-state index contributed by atoms with van der Waals surface area (Å²) in [5, 5.41) is 13.4. The Hall–Kier alpha value is -3.17. The largest absolute Gasteiger partial charge is 0.457 e. The molecule has 0 aliphatic rings. The molecule has 0 aliphatic carbocycles. The summed E-state index contributed by atoms with van der Waals surface area (Å²) in [4.78, 5) is 15.7. The smallest absolute Gasteiger partial charge is 0.240 e. The summed E-state index contributed by atoms with van der Waals surface area (Å²) in [7, 11) is 0. The van der Waals surface area contributed by atoms with Crippen molar-refractivity contribution in [2.45, 2.75) is 6.42 Å². The molecule has 2 aromatic carbocycles. The van der Waals surface area contributed by atoms with E-state index in [9.17, 15) is 4.79 Å². The number of amides is 1. The third kappa shape index (κ3) is 3.97. The molecule has 1 heterocycles. The van der Waals surface area contributed by atoms with E-state index in [2.05, 4.69) is 10.3 Å². The number of nitrogens with one attached hydrogen (secondary N) is 1. The number of thiazole rings is 1. The van der Waals surface area contributed by atoms with E-state index in [0.29, 0.717) is 5.13 Å². The second kappa shape index (κ2) is 7.40. The van der Waals surface area contributed by atoms with Crippen molar-refractivity contribution in [3.63, 3.8) is 0 Å². The number of nitrogens with zero attached hydrogens (tertiary/aromatic N) is 2. The SMILES string of the molecule is N#CCC(=O)Nc1nc(-c2ccc(Oc3ccccc3)cc2)cs1. The van der Waals surface area contributed by atoms with Gasteiger partial charge in [-0.15, -0.1) is 11.3 Å². The third-order valence-corrected chi connectivity index (χ3v) is 3.88. The molecule has 6 heteroatoms. The Bertz CT molecular complexity index is 867. The Morgan fingerprint density at radius 1 is 1.12 bits per heavy atom. The molecule has 24 heavy (non-hydrogen) atoms. The molecule has 0 spiro atoms. The maximum atomic E-state index is 11.4. The zero-order valence-corrected chi connectivity index (χ0v) is 13.4. The summed E-state index contributed by atoms with van der Waals surface area (Å²) in [6.45, 7) is 0. The van der Waals surface area contributed by atoms with Crippen molar-refractivity contribution in [1.29, 1.82) is 5.26 Å². The number of benzene rings is 2. The zero-order valence-electron chi connectivity index (χ0n) is 12.6. The number of hydrogen-bond donors (Lipinski definition) is 1. The number of ether oxygens (including phenoxy) is 1. The van der Waals surface area contributed by atoms with Gasteiger partial charge < -0.3 is 10.1 Å². The van der Waals surface area contributed by atoms with E-state index < -0.39 is 0 Å². The zero-order chi connectivity index (χ0) is 16.8. The van der Waals surface area contributed by atoms with Crippen LogP contribution in [-0.4, -0.2) is 10.9 Å². The highest BCUT2D eigenvalue weighted by molar-refractivity contribution is 7.14. The fraction of sp³-hybridized carbons (Fsp3) is 0.0556. The molecule has 0 saturated carbocycles. The minimum absolute atomic E-state index is 0.180. The topological polar surface area (TPSA) is 75.0 Å². The molecule has 0 atom stereocenters. The Labute approximate surface area is 143 Å². The first-order valence-corrected chi connectivity index (χ1v) is 8.08. The molecular weight excluding hydrogens is 322 g/mol. The molecule has 3 aromatic rings. The lowest BCUT2D eigenvalue weighted by Gasteiger charge is -2.05. The number of carbonyl (C=O) groups is 1. The Balaban J connectivity index is 1.69. The highest BCUT2D eigenvalue weighted by Crippen LogP contribution is 2.28. The molecule has 118 valence electrons. The molecule has 0 radical (unpaired) electrons. The van der Waals surface area contributed by atoms with Crippen LogP contribution in [0.25, 0.3) is 11.3 Å². The average Bonchev–Trinajstić information content (AvgIpc) is 3.05. The number of anilines is 1. The summed E-state index contributed by atoms with van der Waals surface area (Å²) in [5.74, 6) is 1.16. The summed E-state index contributed by atoms with van der Waals surface area (Å²) in [5.41, 5.74) is 1.69. The van der Waals surface area contributed by atoms with Gasteiger partial charge in [-0.25, -0.2) is 4.98 Å². The standard InChI is InChI=1S/C18H13N3O2S/c19-11-10-17(22)21-18-20-16(12-24-18)13-6-8-15(9-7-13)23-14-4-2-1-3-5-14/h1-9,12H,10H2,(H,20,21,22). The molecule has 0 aliphatic heterocycles. The van der Waals surface area contributed by atoms with Crippen LogP contribution < -0.4 is 10.1 Å². The second-order valence-corrected chi connectivity index (χ2v) is 5.72. The first-order chi connectivity index (χ1) is 11.7. The molecular formula is C18H13N3O2S. The van der Waals surface area contributed by atoms with Crippen molar-refractivity contribution in [1.82, 2.24) is 4.98 Å². The van der Waals surface area contributed by atoms with E-state index in [1.165, 1.54) is 11.3 Å². The third-order valence-electron chi connectivity index (χ3n) is 3.12. The van der Waals surface area contributed by atoms with Gasteiger partial charge in [-0.05, 0) is 36.4 Å². The quantitative estimate of drug-likeness (QED) is 0.747. The molecule has 1 amide bonds. The lowest BCUT2D eigenvalue weighted by molar-refractivity contribution is -0.115. The lowest BCUT2D eigenvalue weighted by Crippen LogP contribution is -2.09. The van der Waals surface area contributed by atoms with E-state index in [1.807, 2.05) is 60.0 Å². The van der Waals surface area contributed by atoms with Gasteiger partial charge in [0.1, 0.15) is 17.9 Å². The van der Waals surface area contributed by atoms with Gasteiger partial charge in [0.2, 0.25) is 5.91 Å². The normalized spacial score (nSPS) is 9.96. The van der Waals surface area contributed by atoms with Crippen LogP contribution in [0.2, 0.25) is 0 Å². The molecule has 3 rings (SSSR count). The lowest BCUT2D eigenvalue weighted by atomic mass is 10.2. The van der Waals surface area contributed by atoms with Gasteiger partial charge in [-0.2, -0.15) is 5.26 Å². The van der Waals surface area contributed by atoms with Gasteiger partial charge in [0.25, 0.3) is 0 Å².